The van der Waals surface area contributed by atoms with Crippen LogP contribution in [-0.4, -0.2) is 34.2 Å². The lowest BCUT2D eigenvalue weighted by atomic mass is 9.91. The van der Waals surface area contributed by atoms with Crippen LogP contribution in [0.5, 0.6) is 0 Å². The van der Waals surface area contributed by atoms with E-state index in [0.29, 0.717) is 19.5 Å². The maximum Gasteiger partial charge on any atom is 0.242 e. The molecule has 1 aromatic heterocycles. The molecule has 0 aliphatic carbocycles. The van der Waals surface area contributed by atoms with Gasteiger partial charge in [0, 0.05) is 28.8 Å². The number of rotatable bonds is 9. The monoisotopic (exact) mass is 446 g/mol. The fourth-order valence-corrected chi connectivity index (χ4v) is 4.22. The van der Waals surface area contributed by atoms with Crippen molar-refractivity contribution in [3.63, 3.8) is 0 Å². The summed E-state index contributed by atoms with van der Waals surface area (Å²) in [6.45, 7) is 13.0. The second-order valence-corrected chi connectivity index (χ2v) is 10.8. The molecule has 0 bridgehead atoms. The highest BCUT2D eigenvalue weighted by atomic mass is 32.1. The Bertz CT molecular complexity index is 870. The van der Waals surface area contributed by atoms with Crippen molar-refractivity contribution in [2.75, 3.05) is 6.54 Å². The van der Waals surface area contributed by atoms with E-state index >= 15 is 0 Å². The Kier molecular flexibility index (Phi) is 8.80. The molecule has 0 unspecified atom stereocenters. The Balaban J connectivity index is 2.23. The zero-order valence-corrected chi connectivity index (χ0v) is 20.4. The lowest BCUT2D eigenvalue weighted by Gasteiger charge is -2.33. The van der Waals surface area contributed by atoms with E-state index in [4.69, 9.17) is 0 Å². The Morgan fingerprint density at radius 2 is 1.68 bits per heavy atom. The molecule has 2 aromatic rings. The minimum Gasteiger partial charge on any atom is -0.332 e. The quantitative estimate of drug-likeness (QED) is 0.489. The van der Waals surface area contributed by atoms with Crippen molar-refractivity contribution in [2.24, 2.45) is 5.41 Å². The smallest absolute Gasteiger partial charge is 0.242 e. The summed E-state index contributed by atoms with van der Waals surface area (Å²) in [5, 5.41) is 0. The van der Waals surface area contributed by atoms with Crippen molar-refractivity contribution < 1.29 is 14.0 Å². The van der Waals surface area contributed by atoms with Crippen LogP contribution < -0.4 is 0 Å². The van der Waals surface area contributed by atoms with Gasteiger partial charge in [0.2, 0.25) is 11.8 Å². The maximum absolute atomic E-state index is 13.4. The van der Waals surface area contributed by atoms with Crippen LogP contribution in [-0.2, 0) is 22.7 Å². The normalized spacial score (nSPS) is 12.5. The molecule has 0 radical (unpaired) electrons. The van der Waals surface area contributed by atoms with Gasteiger partial charge < -0.3 is 9.80 Å². The van der Waals surface area contributed by atoms with Gasteiger partial charge in [0.25, 0.3) is 0 Å². The first kappa shape index (κ1) is 25.1. The number of thiophene rings is 1. The molecule has 0 spiro atoms. The summed E-state index contributed by atoms with van der Waals surface area (Å²) in [5.74, 6) is -0.395. The molecule has 2 amide bonds. The summed E-state index contributed by atoms with van der Waals surface area (Å²) < 4.78 is 13.3. The number of carbonyl (C=O) groups excluding carboxylic acids is 2. The van der Waals surface area contributed by atoms with E-state index in [0.717, 1.165) is 16.9 Å². The van der Waals surface area contributed by atoms with Crippen LogP contribution in [0.25, 0.3) is 0 Å². The fourth-order valence-electron chi connectivity index (χ4n) is 3.31. The number of benzene rings is 1. The highest BCUT2D eigenvalue weighted by Gasteiger charge is 2.28. The van der Waals surface area contributed by atoms with Crippen LogP contribution in [0.2, 0.25) is 0 Å². The lowest BCUT2D eigenvalue weighted by Crippen LogP contribution is -2.47. The summed E-state index contributed by atoms with van der Waals surface area (Å²) in [6.07, 6.45) is 1.18. The van der Waals surface area contributed by atoms with E-state index in [2.05, 4.69) is 0 Å². The standard InChI is InChI=1S/C25H35FN2O2S/c1-7-18(2)28(23(29)14-25(4,5)6)17-24(30)27(16-22-13-8-19(3)31-22)15-20-9-11-21(26)12-10-20/h8-13,18H,7,14-17H2,1-6H3/t18-/m0/s1. The Morgan fingerprint density at radius 3 is 2.19 bits per heavy atom. The highest BCUT2D eigenvalue weighted by molar-refractivity contribution is 7.11. The minimum absolute atomic E-state index is 0.00361. The molecule has 2 rings (SSSR count). The maximum atomic E-state index is 13.4. The minimum atomic E-state index is -0.300. The number of hydrogen-bond acceptors (Lipinski definition) is 3. The van der Waals surface area contributed by atoms with Gasteiger partial charge >= 0.3 is 0 Å². The predicted octanol–water partition coefficient (Wildman–Crippen LogP) is 5.79. The van der Waals surface area contributed by atoms with Gasteiger partial charge in [-0.2, -0.15) is 0 Å². The van der Waals surface area contributed by atoms with E-state index in [1.807, 2.05) is 53.7 Å². The first-order valence-corrected chi connectivity index (χ1v) is 11.7. The van der Waals surface area contributed by atoms with Gasteiger partial charge in [-0.05, 0) is 55.5 Å². The van der Waals surface area contributed by atoms with Crippen molar-refractivity contribution in [3.05, 3.63) is 57.5 Å². The van der Waals surface area contributed by atoms with Gasteiger partial charge in [-0.15, -0.1) is 11.3 Å². The first-order valence-electron chi connectivity index (χ1n) is 10.9. The number of amides is 2. The van der Waals surface area contributed by atoms with Gasteiger partial charge in [0.15, 0.2) is 0 Å². The third-order valence-corrected chi connectivity index (χ3v) is 6.20. The molecule has 0 aliphatic heterocycles. The average Bonchev–Trinajstić information content (AvgIpc) is 3.09. The Hall–Kier alpha value is -2.21. The second-order valence-electron chi connectivity index (χ2n) is 9.40. The summed E-state index contributed by atoms with van der Waals surface area (Å²) in [5.41, 5.74) is 0.716. The van der Waals surface area contributed by atoms with Gasteiger partial charge in [-0.3, -0.25) is 9.59 Å². The number of aryl methyl sites for hydroxylation is 1. The van der Waals surface area contributed by atoms with Crippen LogP contribution in [0, 0.1) is 18.2 Å². The molecule has 0 fully saturated rings. The van der Waals surface area contributed by atoms with Crippen molar-refractivity contribution in [1.82, 2.24) is 9.80 Å². The number of carbonyl (C=O) groups is 2. The summed E-state index contributed by atoms with van der Waals surface area (Å²) in [7, 11) is 0. The van der Waals surface area contributed by atoms with Gasteiger partial charge in [-0.1, -0.05) is 39.8 Å². The van der Waals surface area contributed by atoms with E-state index in [1.165, 1.54) is 17.0 Å². The van der Waals surface area contributed by atoms with E-state index < -0.39 is 0 Å². The Labute approximate surface area is 190 Å². The third-order valence-electron chi connectivity index (χ3n) is 5.21. The van der Waals surface area contributed by atoms with Crippen LogP contribution in [0.15, 0.2) is 36.4 Å². The molecule has 4 nitrogen and oxygen atoms in total. The van der Waals surface area contributed by atoms with Gasteiger partial charge in [0.05, 0.1) is 6.54 Å². The molecule has 0 saturated heterocycles. The van der Waals surface area contributed by atoms with Crippen molar-refractivity contribution in [2.45, 2.75) is 73.5 Å². The molecule has 0 saturated carbocycles. The van der Waals surface area contributed by atoms with Crippen LogP contribution in [0.3, 0.4) is 0 Å². The van der Waals surface area contributed by atoms with Gasteiger partial charge in [0.1, 0.15) is 12.4 Å². The molecular formula is C25H35FN2O2S. The summed E-state index contributed by atoms with van der Waals surface area (Å²) >= 11 is 1.66. The topological polar surface area (TPSA) is 40.6 Å². The molecule has 6 heteroatoms. The zero-order chi connectivity index (χ0) is 23.2. The lowest BCUT2D eigenvalue weighted by molar-refractivity contribution is -0.144. The number of hydrogen-bond donors (Lipinski definition) is 0. The largest absolute Gasteiger partial charge is 0.332 e. The molecule has 1 atom stereocenters. The van der Waals surface area contributed by atoms with Crippen LogP contribution in [0.1, 0.15) is 62.8 Å². The Morgan fingerprint density at radius 1 is 1.03 bits per heavy atom. The molecule has 170 valence electrons. The third kappa shape index (κ3) is 8.09. The molecule has 0 aliphatic rings. The van der Waals surface area contributed by atoms with Crippen molar-refractivity contribution in [3.8, 4) is 0 Å². The number of nitrogens with zero attached hydrogens (tertiary/aromatic N) is 2. The summed E-state index contributed by atoms with van der Waals surface area (Å²) in [4.78, 5) is 32.1. The molecule has 1 heterocycles. The van der Waals surface area contributed by atoms with Crippen molar-refractivity contribution in [1.29, 1.82) is 0 Å². The first-order chi connectivity index (χ1) is 14.5. The zero-order valence-electron chi connectivity index (χ0n) is 19.6. The van der Waals surface area contributed by atoms with E-state index in [9.17, 15) is 14.0 Å². The van der Waals surface area contributed by atoms with Crippen LogP contribution >= 0.6 is 11.3 Å². The van der Waals surface area contributed by atoms with Crippen molar-refractivity contribution >= 4 is 23.2 Å². The number of halogens is 1. The highest BCUT2D eigenvalue weighted by Crippen LogP contribution is 2.23. The molecule has 0 N–H and O–H groups in total. The van der Waals surface area contributed by atoms with E-state index in [1.54, 1.807) is 33.3 Å². The SMILES string of the molecule is CC[C@H](C)N(CC(=O)N(Cc1ccc(F)cc1)Cc1ccc(C)s1)C(=O)CC(C)(C)C. The predicted molar refractivity (Wildman–Crippen MR) is 125 cm³/mol. The molecule has 31 heavy (non-hydrogen) atoms. The van der Waals surface area contributed by atoms with Crippen LogP contribution in [0.4, 0.5) is 4.39 Å². The molecular weight excluding hydrogens is 411 g/mol. The summed E-state index contributed by atoms with van der Waals surface area (Å²) in [6, 6.07) is 10.3. The van der Waals surface area contributed by atoms with E-state index in [-0.39, 0.29) is 35.6 Å². The second kappa shape index (κ2) is 10.9. The van der Waals surface area contributed by atoms with Gasteiger partial charge in [-0.25, -0.2) is 4.39 Å². The fraction of sp³-hybridized carbons (Fsp3) is 0.520. The average molecular weight is 447 g/mol. The molecule has 1 aromatic carbocycles.